The van der Waals surface area contributed by atoms with Crippen LogP contribution in [0.4, 0.5) is 36.7 Å². The maximum Gasteiger partial charge on any atom is 0.233 e. The fourth-order valence-corrected chi connectivity index (χ4v) is 1.49. The normalized spacial score (nSPS) is 10.4. The molecule has 0 aliphatic rings. The number of nitrogens with one attached hydrogen (secondary N) is 2. The molecule has 6 nitrogen and oxygen atoms in total. The third kappa shape index (κ3) is 3.30. The number of hydrogen-bond donors (Lipinski definition) is 2. The zero-order chi connectivity index (χ0) is 15.6. The van der Waals surface area contributed by atoms with Crippen LogP contribution in [-0.2, 0) is 0 Å². The average Bonchev–Trinajstić information content (AvgIpc) is 2.44. The van der Waals surface area contributed by atoms with E-state index >= 15 is 0 Å². The van der Waals surface area contributed by atoms with Crippen molar-refractivity contribution in [1.82, 2.24) is 15.0 Å². The van der Waals surface area contributed by atoms with Gasteiger partial charge in [0.2, 0.25) is 17.8 Å². The first-order valence-corrected chi connectivity index (χ1v) is 5.93. The second-order valence-electron chi connectivity index (χ2n) is 4.31. The SMILES string of the molecule is CNc1nc(Nc2cc(F)c(F)c(F)c2)nc(N(C)C)n1. The van der Waals surface area contributed by atoms with E-state index in [0.717, 1.165) is 12.1 Å². The predicted molar refractivity (Wildman–Crippen MR) is 73.3 cm³/mol. The maximum atomic E-state index is 13.2. The molecule has 0 aliphatic carbocycles. The summed E-state index contributed by atoms with van der Waals surface area (Å²) >= 11 is 0. The molecule has 2 N–H and O–H groups in total. The number of rotatable bonds is 4. The van der Waals surface area contributed by atoms with E-state index in [0.29, 0.717) is 5.95 Å². The first kappa shape index (κ1) is 14.8. The van der Waals surface area contributed by atoms with Gasteiger partial charge in [-0.15, -0.1) is 0 Å². The van der Waals surface area contributed by atoms with Crippen LogP contribution in [0.25, 0.3) is 0 Å². The highest BCUT2D eigenvalue weighted by Gasteiger charge is 2.12. The van der Waals surface area contributed by atoms with Crippen LogP contribution >= 0.6 is 0 Å². The first-order chi connectivity index (χ1) is 9.90. The van der Waals surface area contributed by atoms with Crippen LogP contribution in [-0.4, -0.2) is 36.1 Å². The summed E-state index contributed by atoms with van der Waals surface area (Å²) in [5.74, 6) is -3.43. The van der Waals surface area contributed by atoms with Crippen molar-refractivity contribution in [1.29, 1.82) is 0 Å². The molecule has 1 aromatic heterocycles. The van der Waals surface area contributed by atoms with Gasteiger partial charge in [-0.2, -0.15) is 15.0 Å². The summed E-state index contributed by atoms with van der Waals surface area (Å²) < 4.78 is 39.2. The quantitative estimate of drug-likeness (QED) is 0.843. The second kappa shape index (κ2) is 5.81. The molecular weight excluding hydrogens is 285 g/mol. The Kier molecular flexibility index (Phi) is 4.10. The van der Waals surface area contributed by atoms with E-state index in [9.17, 15) is 13.2 Å². The third-order valence-electron chi connectivity index (χ3n) is 2.49. The van der Waals surface area contributed by atoms with Crippen LogP contribution in [0.2, 0.25) is 0 Å². The second-order valence-corrected chi connectivity index (χ2v) is 4.31. The summed E-state index contributed by atoms with van der Waals surface area (Å²) in [4.78, 5) is 13.8. The molecule has 0 fully saturated rings. The van der Waals surface area contributed by atoms with Crippen molar-refractivity contribution in [3.8, 4) is 0 Å². The number of benzene rings is 1. The van der Waals surface area contributed by atoms with Gasteiger partial charge in [0.25, 0.3) is 0 Å². The van der Waals surface area contributed by atoms with Crippen molar-refractivity contribution < 1.29 is 13.2 Å². The van der Waals surface area contributed by atoms with Crippen LogP contribution in [0.1, 0.15) is 0 Å². The molecule has 2 aromatic rings. The summed E-state index contributed by atoms with van der Waals surface area (Å²) in [7, 11) is 5.08. The van der Waals surface area contributed by atoms with Gasteiger partial charge in [-0.25, -0.2) is 13.2 Å². The Bertz CT molecular complexity index is 638. The molecule has 0 unspecified atom stereocenters. The Labute approximate surface area is 119 Å². The van der Waals surface area contributed by atoms with Gasteiger partial charge in [0.15, 0.2) is 17.5 Å². The van der Waals surface area contributed by atoms with Gasteiger partial charge in [-0.3, -0.25) is 0 Å². The molecule has 0 radical (unpaired) electrons. The smallest absolute Gasteiger partial charge is 0.233 e. The predicted octanol–water partition coefficient (Wildman–Crippen LogP) is 2.14. The van der Waals surface area contributed by atoms with Crippen LogP contribution in [0, 0.1) is 17.5 Å². The molecule has 0 saturated heterocycles. The van der Waals surface area contributed by atoms with Crippen LogP contribution < -0.4 is 15.5 Å². The monoisotopic (exact) mass is 298 g/mol. The Morgan fingerprint density at radius 2 is 1.52 bits per heavy atom. The van der Waals surface area contributed by atoms with Crippen LogP contribution in [0.15, 0.2) is 12.1 Å². The molecule has 2 rings (SSSR count). The summed E-state index contributed by atoms with van der Waals surface area (Å²) in [6, 6.07) is 1.63. The van der Waals surface area contributed by atoms with E-state index < -0.39 is 17.5 Å². The zero-order valence-electron chi connectivity index (χ0n) is 11.6. The molecule has 0 aliphatic heterocycles. The Balaban J connectivity index is 2.37. The van der Waals surface area contributed by atoms with E-state index in [1.165, 1.54) is 0 Å². The summed E-state index contributed by atoms with van der Waals surface area (Å²) in [5, 5.41) is 5.35. The zero-order valence-corrected chi connectivity index (χ0v) is 11.6. The van der Waals surface area contributed by atoms with Crippen molar-refractivity contribution in [2.45, 2.75) is 0 Å². The average molecular weight is 298 g/mol. The van der Waals surface area contributed by atoms with E-state index in [2.05, 4.69) is 25.6 Å². The third-order valence-corrected chi connectivity index (χ3v) is 2.49. The molecule has 0 amide bonds. The standard InChI is InChI=1S/C12H13F3N6/c1-16-10-18-11(20-12(19-10)21(2)3)17-6-4-7(13)9(15)8(14)5-6/h4-5H,1-3H3,(H2,16,17,18,19,20). The van der Waals surface area contributed by atoms with Crippen molar-refractivity contribution in [2.75, 3.05) is 36.7 Å². The summed E-state index contributed by atoms with van der Waals surface area (Å²) in [6.45, 7) is 0. The van der Waals surface area contributed by atoms with Gasteiger partial charge in [0, 0.05) is 39.0 Å². The number of halogens is 3. The summed E-state index contributed by atoms with van der Waals surface area (Å²) in [5.41, 5.74) is -0.00985. The van der Waals surface area contributed by atoms with Gasteiger partial charge in [0.05, 0.1) is 0 Å². The Hall–Kier alpha value is -2.58. The number of nitrogens with zero attached hydrogens (tertiary/aromatic N) is 4. The lowest BCUT2D eigenvalue weighted by atomic mass is 10.3. The van der Waals surface area contributed by atoms with Crippen molar-refractivity contribution in [3.63, 3.8) is 0 Å². The first-order valence-electron chi connectivity index (χ1n) is 5.93. The fraction of sp³-hybridized carbons (Fsp3) is 0.250. The summed E-state index contributed by atoms with van der Waals surface area (Å²) in [6.07, 6.45) is 0. The van der Waals surface area contributed by atoms with Gasteiger partial charge < -0.3 is 15.5 Å². The minimum atomic E-state index is -1.53. The topological polar surface area (TPSA) is 66.0 Å². The molecule has 1 aromatic carbocycles. The van der Waals surface area contributed by atoms with E-state index in [1.807, 2.05) is 0 Å². The molecule has 0 bridgehead atoms. The fourth-order valence-electron chi connectivity index (χ4n) is 1.49. The lowest BCUT2D eigenvalue weighted by molar-refractivity contribution is 0.448. The van der Waals surface area contributed by atoms with Gasteiger partial charge in [-0.1, -0.05) is 0 Å². The van der Waals surface area contributed by atoms with Crippen LogP contribution in [0.5, 0.6) is 0 Å². The van der Waals surface area contributed by atoms with Gasteiger partial charge in [-0.05, 0) is 0 Å². The molecule has 0 atom stereocenters. The molecule has 0 spiro atoms. The van der Waals surface area contributed by atoms with Gasteiger partial charge in [0.1, 0.15) is 0 Å². The van der Waals surface area contributed by atoms with Crippen molar-refractivity contribution in [2.24, 2.45) is 0 Å². The lowest BCUT2D eigenvalue weighted by Crippen LogP contribution is -2.15. The highest BCUT2D eigenvalue weighted by Crippen LogP contribution is 2.21. The molecular formula is C12H13F3N6. The molecule has 21 heavy (non-hydrogen) atoms. The van der Waals surface area contributed by atoms with Crippen molar-refractivity contribution >= 4 is 23.5 Å². The maximum absolute atomic E-state index is 13.2. The number of aromatic nitrogens is 3. The Morgan fingerprint density at radius 1 is 0.952 bits per heavy atom. The largest absolute Gasteiger partial charge is 0.357 e. The number of hydrogen-bond acceptors (Lipinski definition) is 6. The number of anilines is 4. The van der Waals surface area contributed by atoms with E-state index in [4.69, 9.17) is 0 Å². The van der Waals surface area contributed by atoms with E-state index in [1.54, 1.807) is 26.0 Å². The molecule has 0 saturated carbocycles. The van der Waals surface area contributed by atoms with Gasteiger partial charge >= 0.3 is 0 Å². The highest BCUT2D eigenvalue weighted by molar-refractivity contribution is 5.56. The van der Waals surface area contributed by atoms with Crippen molar-refractivity contribution in [3.05, 3.63) is 29.6 Å². The molecule has 1 heterocycles. The minimum Gasteiger partial charge on any atom is -0.357 e. The molecule has 112 valence electrons. The van der Waals surface area contributed by atoms with E-state index in [-0.39, 0.29) is 17.6 Å². The lowest BCUT2D eigenvalue weighted by Gasteiger charge is -2.13. The highest BCUT2D eigenvalue weighted by atomic mass is 19.2. The molecule has 9 heteroatoms. The Morgan fingerprint density at radius 3 is 2.05 bits per heavy atom. The van der Waals surface area contributed by atoms with Crippen LogP contribution in [0.3, 0.4) is 0 Å². The minimum absolute atomic E-state index is 0.00985.